The van der Waals surface area contributed by atoms with Gasteiger partial charge in [0.25, 0.3) is 0 Å². The van der Waals surface area contributed by atoms with Crippen molar-refractivity contribution in [3.05, 3.63) is 67.7 Å². The van der Waals surface area contributed by atoms with E-state index in [0.717, 1.165) is 0 Å². The van der Waals surface area contributed by atoms with E-state index in [-0.39, 0.29) is 0 Å². The van der Waals surface area contributed by atoms with Gasteiger partial charge in [0.15, 0.2) is 0 Å². The zero-order valence-corrected chi connectivity index (χ0v) is 11.2. The molecule has 8 nitrogen and oxygen atoms in total. The van der Waals surface area contributed by atoms with Crippen molar-refractivity contribution < 1.29 is 0 Å². The smallest absolute Gasteiger partial charge is 0.443 e. The molecule has 0 bridgehead atoms. The number of hydrogen-bond donors (Lipinski definition) is 2. The molecule has 0 fully saturated rings. The second-order valence-corrected chi connectivity index (χ2v) is 4.38. The molecule has 0 aliphatic heterocycles. The Kier molecular flexibility index (Phi) is 3.38. The number of hydrogen-bond acceptors (Lipinski definition) is 5. The fourth-order valence-electron chi connectivity index (χ4n) is 2.31. The van der Waals surface area contributed by atoms with Gasteiger partial charge in [0.2, 0.25) is 0 Å². The fourth-order valence-corrected chi connectivity index (χ4v) is 2.31. The first kappa shape index (κ1) is 12.9. The lowest BCUT2D eigenvalue weighted by Gasteiger charge is -2.41. The molecule has 0 aliphatic rings. The third kappa shape index (κ3) is 2.14. The summed E-state index contributed by atoms with van der Waals surface area (Å²) in [6.07, 6.45) is 15.1. The number of rotatable bonds is 6. The first-order valence-corrected chi connectivity index (χ1v) is 6.46. The quantitative estimate of drug-likeness (QED) is 0.506. The minimum absolute atomic E-state index is 1.20. The minimum atomic E-state index is -1.82. The van der Waals surface area contributed by atoms with Crippen molar-refractivity contribution in [3.8, 4) is 0 Å². The molecule has 3 aromatic rings. The molecule has 0 unspecified atom stereocenters. The average molecular weight is 281 g/mol. The summed E-state index contributed by atoms with van der Waals surface area (Å²) in [5.41, 5.74) is 0. The molecule has 0 saturated heterocycles. The van der Waals surface area contributed by atoms with E-state index < -0.39 is 6.69 Å². The Balaban J connectivity index is 2.20. The van der Waals surface area contributed by atoms with Crippen LogP contribution in [-0.4, -0.2) is 42.0 Å². The van der Waals surface area contributed by atoms with E-state index in [1.807, 2.05) is 36.8 Å². The van der Waals surface area contributed by atoms with Gasteiger partial charge in [0.05, 0.1) is 0 Å². The molecule has 0 spiro atoms. The van der Waals surface area contributed by atoms with Crippen molar-refractivity contribution in [2.45, 2.75) is 0 Å². The Morgan fingerprint density at radius 1 is 0.857 bits per heavy atom. The summed E-state index contributed by atoms with van der Waals surface area (Å²) in [5, 5.41) is 23.4. The molecule has 0 radical (unpaired) electrons. The maximum atomic E-state index is 7.12. The van der Waals surface area contributed by atoms with Crippen LogP contribution in [0.25, 0.3) is 0 Å². The Hall–Kier alpha value is -3.10. The van der Waals surface area contributed by atoms with E-state index in [2.05, 4.69) is 20.5 Å². The first-order chi connectivity index (χ1) is 10.4. The predicted molar refractivity (Wildman–Crippen MR) is 79.7 cm³/mol. The van der Waals surface area contributed by atoms with Crippen LogP contribution in [0.2, 0.25) is 0 Å². The summed E-state index contributed by atoms with van der Waals surface area (Å²) >= 11 is 0. The number of allylic oxidation sites excluding steroid dienone is 1. The van der Waals surface area contributed by atoms with Crippen molar-refractivity contribution in [2.75, 3.05) is 0 Å². The highest BCUT2D eigenvalue weighted by Gasteiger charge is 2.34. The lowest BCUT2D eigenvalue weighted by Crippen LogP contribution is -2.68. The predicted octanol–water partition coefficient (Wildman–Crippen LogP) is 0.409. The van der Waals surface area contributed by atoms with Gasteiger partial charge in [0.1, 0.15) is 0 Å². The third-order valence-corrected chi connectivity index (χ3v) is 3.19. The lowest BCUT2D eigenvalue weighted by molar-refractivity contribution is 0.695. The molecule has 0 aromatic carbocycles. The Bertz CT molecular complexity index is 614. The number of nitrogens with one attached hydrogen (secondary N) is 2. The molecule has 21 heavy (non-hydrogen) atoms. The summed E-state index contributed by atoms with van der Waals surface area (Å²) in [6, 6.07) is 5.52. The van der Waals surface area contributed by atoms with E-state index >= 15 is 0 Å². The van der Waals surface area contributed by atoms with E-state index in [0.29, 0.717) is 0 Å². The SMILES string of the molecule is N=C/C=C\N[B-](n1cccn1)(n1cccn1)n1cccn1. The number of nitrogens with zero attached hydrogens (tertiary/aromatic N) is 6. The second-order valence-electron chi connectivity index (χ2n) is 4.38. The van der Waals surface area contributed by atoms with E-state index in [1.165, 1.54) is 6.21 Å². The molecule has 0 aliphatic carbocycles. The summed E-state index contributed by atoms with van der Waals surface area (Å²) in [4.78, 5) is 0. The standard InChI is InChI=1S/C12H14BN8/c14-5-1-6-15-13(19-10-2-7-16-19,20-11-3-8-17-20)21-12-4-9-18-21/h1-12,14-15H/q-1/b6-1-,14-5?. The van der Waals surface area contributed by atoms with Crippen LogP contribution in [-0.2, 0) is 0 Å². The largest absolute Gasteiger partial charge is 0.505 e. The van der Waals surface area contributed by atoms with Crippen LogP contribution >= 0.6 is 0 Å². The molecule has 3 aromatic heterocycles. The van der Waals surface area contributed by atoms with E-state index in [9.17, 15) is 0 Å². The topological polar surface area (TPSA) is 89.3 Å². The van der Waals surface area contributed by atoms with Gasteiger partial charge < -0.3 is 24.4 Å². The minimum Gasteiger partial charge on any atom is -0.505 e. The summed E-state index contributed by atoms with van der Waals surface area (Å²) in [7, 11) is 0. The zero-order valence-electron chi connectivity index (χ0n) is 11.2. The highest BCUT2D eigenvalue weighted by molar-refractivity contribution is 6.72. The van der Waals surface area contributed by atoms with Crippen LogP contribution in [0.5, 0.6) is 0 Å². The molecule has 2 N–H and O–H groups in total. The third-order valence-electron chi connectivity index (χ3n) is 3.19. The van der Waals surface area contributed by atoms with Gasteiger partial charge in [-0.1, -0.05) is 0 Å². The van der Waals surface area contributed by atoms with Crippen LogP contribution in [0.4, 0.5) is 0 Å². The molecule has 106 valence electrons. The van der Waals surface area contributed by atoms with Gasteiger partial charge in [0, 0.05) is 24.8 Å². The monoisotopic (exact) mass is 281 g/mol. The van der Waals surface area contributed by atoms with Crippen molar-refractivity contribution in [3.63, 3.8) is 0 Å². The van der Waals surface area contributed by atoms with Crippen LogP contribution in [0.15, 0.2) is 67.7 Å². The van der Waals surface area contributed by atoms with Crippen LogP contribution in [0.3, 0.4) is 0 Å². The normalized spacial score (nSPS) is 11.8. The van der Waals surface area contributed by atoms with Crippen molar-refractivity contribution in [1.29, 1.82) is 5.41 Å². The average Bonchev–Trinajstić information content (AvgIpc) is 3.28. The fraction of sp³-hybridized carbons (Fsp3) is 0. The summed E-state index contributed by atoms with van der Waals surface area (Å²) < 4.78 is 5.27. The first-order valence-electron chi connectivity index (χ1n) is 6.46. The Morgan fingerprint density at radius 3 is 1.67 bits per heavy atom. The van der Waals surface area contributed by atoms with Gasteiger partial charge in [-0.25, -0.2) is 15.3 Å². The lowest BCUT2D eigenvalue weighted by atomic mass is 9.75. The number of aromatic nitrogens is 6. The van der Waals surface area contributed by atoms with Gasteiger partial charge in [-0.05, 0) is 49.1 Å². The molecule has 3 rings (SSSR count). The van der Waals surface area contributed by atoms with Gasteiger partial charge in [-0.3, -0.25) is 0 Å². The van der Waals surface area contributed by atoms with E-state index in [4.69, 9.17) is 5.41 Å². The molecule has 3 heterocycles. The van der Waals surface area contributed by atoms with Crippen molar-refractivity contribution in [1.82, 2.24) is 34.3 Å². The molecular weight excluding hydrogens is 267 g/mol. The molecule has 0 atom stereocenters. The van der Waals surface area contributed by atoms with E-state index in [1.54, 1.807) is 44.6 Å². The van der Waals surface area contributed by atoms with Crippen LogP contribution in [0, 0.1) is 5.41 Å². The Labute approximate surface area is 121 Å². The maximum Gasteiger partial charge on any atom is 0.443 e. The van der Waals surface area contributed by atoms with Crippen LogP contribution in [0.1, 0.15) is 0 Å². The zero-order chi connectivity index (χ0) is 14.5. The maximum absolute atomic E-state index is 7.12. The summed E-state index contributed by atoms with van der Waals surface area (Å²) in [6.45, 7) is -1.82. The molecule has 0 saturated carbocycles. The highest BCUT2D eigenvalue weighted by atomic mass is 15.5. The van der Waals surface area contributed by atoms with Gasteiger partial charge in [-0.15, -0.1) is 0 Å². The molecule has 9 heteroatoms. The van der Waals surface area contributed by atoms with Crippen molar-refractivity contribution in [2.24, 2.45) is 0 Å². The van der Waals surface area contributed by atoms with Gasteiger partial charge >= 0.3 is 6.69 Å². The molecule has 0 amide bonds. The highest BCUT2D eigenvalue weighted by Crippen LogP contribution is 2.08. The van der Waals surface area contributed by atoms with Crippen molar-refractivity contribution >= 4 is 12.9 Å². The van der Waals surface area contributed by atoms with Gasteiger partial charge in [-0.2, -0.15) is 0 Å². The second kappa shape index (κ2) is 5.49. The van der Waals surface area contributed by atoms with Crippen LogP contribution < -0.4 is 5.23 Å². The Morgan fingerprint density at radius 2 is 1.33 bits per heavy atom. The molecular formula is C12H14BN8-. The summed E-state index contributed by atoms with van der Waals surface area (Å²) in [5.74, 6) is 0.